The number of alkyl halides is 3. The highest BCUT2D eigenvalue weighted by molar-refractivity contribution is 5.80. The summed E-state index contributed by atoms with van der Waals surface area (Å²) < 4.78 is 40.6. The molecule has 1 rings (SSSR count). The molecule has 0 atom stereocenters. The SMILES string of the molecule is COc1ccccc1CNC(=O)NNC(=O)NCC(F)(F)F. The first-order valence-corrected chi connectivity index (χ1v) is 6.08. The van der Waals surface area contributed by atoms with Crippen LogP contribution in [0.25, 0.3) is 0 Å². The van der Waals surface area contributed by atoms with Crippen LogP contribution < -0.4 is 26.2 Å². The molecule has 0 saturated carbocycles. The number of hydrogen-bond donors (Lipinski definition) is 4. The number of urea groups is 2. The maximum Gasteiger partial charge on any atom is 0.405 e. The molecule has 1 aromatic rings. The number of nitrogens with one attached hydrogen (secondary N) is 4. The third-order valence-corrected chi connectivity index (χ3v) is 2.37. The van der Waals surface area contributed by atoms with Gasteiger partial charge in [-0.25, -0.2) is 20.4 Å². The Kier molecular flexibility index (Phi) is 6.29. The van der Waals surface area contributed by atoms with Gasteiger partial charge in [0.1, 0.15) is 12.3 Å². The minimum Gasteiger partial charge on any atom is -0.496 e. The molecule has 4 amide bonds. The number of benzene rings is 1. The molecule has 7 nitrogen and oxygen atoms in total. The summed E-state index contributed by atoms with van der Waals surface area (Å²) >= 11 is 0. The maximum atomic E-state index is 11.8. The average Bonchev–Trinajstić information content (AvgIpc) is 2.48. The molecule has 0 unspecified atom stereocenters. The number of hydrazine groups is 1. The van der Waals surface area contributed by atoms with Gasteiger partial charge in [-0.3, -0.25) is 0 Å². The monoisotopic (exact) mass is 320 g/mol. The number of carbonyl (C=O) groups excluding carboxylic acids is 2. The molecular formula is C12H15F3N4O3. The van der Waals surface area contributed by atoms with E-state index in [0.29, 0.717) is 11.3 Å². The van der Waals surface area contributed by atoms with E-state index in [1.54, 1.807) is 29.7 Å². The lowest BCUT2D eigenvalue weighted by atomic mass is 10.2. The Hall–Kier alpha value is -2.65. The molecule has 0 aromatic heterocycles. The maximum absolute atomic E-state index is 11.8. The van der Waals surface area contributed by atoms with E-state index >= 15 is 0 Å². The topological polar surface area (TPSA) is 91.5 Å². The summed E-state index contributed by atoms with van der Waals surface area (Å²) in [5.74, 6) is 0.568. The van der Waals surface area contributed by atoms with Gasteiger partial charge in [-0.2, -0.15) is 13.2 Å². The van der Waals surface area contributed by atoms with Gasteiger partial charge in [0.15, 0.2) is 0 Å². The average molecular weight is 320 g/mol. The fourth-order valence-electron chi connectivity index (χ4n) is 1.41. The Morgan fingerprint density at radius 2 is 1.68 bits per heavy atom. The zero-order chi connectivity index (χ0) is 16.6. The number of halogens is 3. The van der Waals surface area contributed by atoms with Crippen LogP contribution in [0.2, 0.25) is 0 Å². The Morgan fingerprint density at radius 1 is 1.09 bits per heavy atom. The lowest BCUT2D eigenvalue weighted by molar-refractivity contribution is -0.122. The molecule has 1 aromatic carbocycles. The van der Waals surface area contributed by atoms with Crippen LogP contribution in [0.1, 0.15) is 5.56 Å². The van der Waals surface area contributed by atoms with Crippen LogP contribution in [-0.4, -0.2) is 31.9 Å². The van der Waals surface area contributed by atoms with E-state index < -0.39 is 24.8 Å². The van der Waals surface area contributed by atoms with Crippen molar-refractivity contribution in [3.63, 3.8) is 0 Å². The smallest absolute Gasteiger partial charge is 0.405 e. The second-order valence-corrected chi connectivity index (χ2v) is 4.04. The number of amides is 4. The lowest BCUT2D eigenvalue weighted by Gasteiger charge is -2.12. The molecule has 0 aliphatic carbocycles. The van der Waals surface area contributed by atoms with Gasteiger partial charge < -0.3 is 15.4 Å². The summed E-state index contributed by atoms with van der Waals surface area (Å²) in [5.41, 5.74) is 4.38. The van der Waals surface area contributed by atoms with Crippen molar-refractivity contribution < 1.29 is 27.5 Å². The number of methoxy groups -OCH3 is 1. The molecule has 0 saturated heterocycles. The quantitative estimate of drug-likeness (QED) is 0.630. The first-order valence-electron chi connectivity index (χ1n) is 6.08. The van der Waals surface area contributed by atoms with Crippen LogP contribution in [0.15, 0.2) is 24.3 Å². The van der Waals surface area contributed by atoms with E-state index in [2.05, 4.69) is 5.32 Å². The van der Waals surface area contributed by atoms with Crippen molar-refractivity contribution in [3.8, 4) is 5.75 Å². The van der Waals surface area contributed by atoms with Gasteiger partial charge in [0, 0.05) is 12.1 Å². The van der Waals surface area contributed by atoms with Crippen LogP contribution in [0.5, 0.6) is 5.75 Å². The summed E-state index contributed by atoms with van der Waals surface area (Å²) in [6.45, 7) is -1.38. The minimum absolute atomic E-state index is 0.113. The van der Waals surface area contributed by atoms with Crippen LogP contribution in [0.3, 0.4) is 0 Å². The van der Waals surface area contributed by atoms with Crippen LogP contribution in [0, 0.1) is 0 Å². The second kappa shape index (κ2) is 7.96. The number of hydrogen-bond acceptors (Lipinski definition) is 3. The zero-order valence-corrected chi connectivity index (χ0v) is 11.6. The Morgan fingerprint density at radius 3 is 2.27 bits per heavy atom. The van der Waals surface area contributed by atoms with Crippen LogP contribution >= 0.6 is 0 Å². The normalized spacial score (nSPS) is 10.5. The summed E-state index contributed by atoms with van der Waals surface area (Å²) in [5, 5.41) is 3.94. The standard InChI is InChI=1S/C12H15F3N4O3/c1-22-9-5-3-2-4-8(9)6-16-10(20)18-19-11(21)17-7-12(13,14)15/h2-5H,6-7H2,1H3,(H2,16,18,20)(H2,17,19,21). The van der Waals surface area contributed by atoms with Crippen LogP contribution in [-0.2, 0) is 6.54 Å². The predicted molar refractivity (Wildman–Crippen MR) is 71.0 cm³/mol. The molecule has 0 spiro atoms. The van der Waals surface area contributed by atoms with Crippen molar-refractivity contribution in [2.75, 3.05) is 13.7 Å². The van der Waals surface area contributed by atoms with Crippen molar-refractivity contribution >= 4 is 12.1 Å². The van der Waals surface area contributed by atoms with E-state index in [0.717, 1.165) is 0 Å². The molecule has 0 aliphatic rings. The minimum atomic E-state index is -4.52. The fourth-order valence-corrected chi connectivity index (χ4v) is 1.41. The van der Waals surface area contributed by atoms with E-state index in [9.17, 15) is 22.8 Å². The molecule has 0 fully saturated rings. The van der Waals surface area contributed by atoms with Gasteiger partial charge in [0.25, 0.3) is 0 Å². The lowest BCUT2D eigenvalue weighted by Crippen LogP contribution is -2.51. The van der Waals surface area contributed by atoms with Crippen molar-refractivity contribution in [2.24, 2.45) is 0 Å². The summed E-state index contributed by atoms with van der Waals surface area (Å²) in [4.78, 5) is 22.4. The van der Waals surface area contributed by atoms with Crippen molar-refractivity contribution in [1.82, 2.24) is 21.5 Å². The Bertz CT molecular complexity index is 523. The third kappa shape index (κ3) is 6.68. The third-order valence-electron chi connectivity index (χ3n) is 2.37. The van der Waals surface area contributed by atoms with E-state index in [4.69, 9.17) is 4.74 Å². The Labute approximate surface area is 124 Å². The fraction of sp³-hybridized carbons (Fsp3) is 0.333. The zero-order valence-electron chi connectivity index (χ0n) is 11.6. The highest BCUT2D eigenvalue weighted by atomic mass is 19.4. The summed E-state index contributed by atoms with van der Waals surface area (Å²) in [6.07, 6.45) is -4.52. The molecule has 0 aliphatic heterocycles. The molecule has 122 valence electrons. The second-order valence-electron chi connectivity index (χ2n) is 4.04. The van der Waals surface area contributed by atoms with E-state index in [-0.39, 0.29) is 6.54 Å². The van der Waals surface area contributed by atoms with Gasteiger partial charge in [-0.05, 0) is 6.07 Å². The summed E-state index contributed by atoms with van der Waals surface area (Å²) in [6, 6.07) is 4.98. The number of para-hydroxylation sites is 1. The number of carbonyl (C=O) groups is 2. The first kappa shape index (κ1) is 17.4. The van der Waals surface area contributed by atoms with Crippen LogP contribution in [0.4, 0.5) is 22.8 Å². The first-order chi connectivity index (χ1) is 10.3. The Balaban J connectivity index is 2.30. The van der Waals surface area contributed by atoms with Gasteiger partial charge in [0.2, 0.25) is 0 Å². The van der Waals surface area contributed by atoms with Crippen molar-refractivity contribution in [1.29, 1.82) is 0 Å². The molecule has 4 N–H and O–H groups in total. The van der Waals surface area contributed by atoms with Gasteiger partial charge in [-0.1, -0.05) is 18.2 Å². The number of ether oxygens (including phenoxy) is 1. The van der Waals surface area contributed by atoms with Gasteiger partial charge >= 0.3 is 18.2 Å². The van der Waals surface area contributed by atoms with E-state index in [1.807, 2.05) is 5.43 Å². The largest absolute Gasteiger partial charge is 0.496 e. The molecule has 10 heteroatoms. The molecule has 0 heterocycles. The van der Waals surface area contributed by atoms with Gasteiger partial charge in [-0.15, -0.1) is 0 Å². The van der Waals surface area contributed by atoms with Crippen molar-refractivity contribution in [2.45, 2.75) is 12.7 Å². The molecule has 0 radical (unpaired) electrons. The molecule has 0 bridgehead atoms. The predicted octanol–water partition coefficient (Wildman–Crippen LogP) is 1.27. The van der Waals surface area contributed by atoms with E-state index in [1.165, 1.54) is 12.4 Å². The highest BCUT2D eigenvalue weighted by Crippen LogP contribution is 2.16. The highest BCUT2D eigenvalue weighted by Gasteiger charge is 2.27. The molecule has 22 heavy (non-hydrogen) atoms. The summed E-state index contributed by atoms with van der Waals surface area (Å²) in [7, 11) is 1.48. The van der Waals surface area contributed by atoms with Gasteiger partial charge in [0.05, 0.1) is 7.11 Å². The number of rotatable bonds is 4. The molecular weight excluding hydrogens is 305 g/mol. The van der Waals surface area contributed by atoms with Crippen molar-refractivity contribution in [3.05, 3.63) is 29.8 Å².